The lowest BCUT2D eigenvalue weighted by atomic mass is 10.1. The number of methoxy groups -OCH3 is 3. The Balaban J connectivity index is 0.000000157. The van der Waals surface area contributed by atoms with Gasteiger partial charge in [-0.05, 0) is 66.7 Å². The molecular formula is C63H65Cl3N16O8S3Si2. The molecule has 0 saturated carbocycles. The molecule has 492 valence electrons. The SMILES string of the molecule is COc1ccc(Cl)cc1-c1[nH]ncc1NC(=O)c1cncc2scnc12.COc1ccc(Cl)cc1-c1c(NC(=O)c2cncc3sc(N)nc23)cnn1COCC[Si](C)(C)C.COc1ccc(Cl)cc1-c1c(NC(=O)c2cncc3scnc23)cnn1COCC[Si](C)(C)C. The molecule has 12 aromatic rings. The third-order valence-electron chi connectivity index (χ3n) is 14.3. The van der Waals surface area contributed by atoms with Crippen LogP contribution in [0.4, 0.5) is 22.2 Å². The molecule has 0 fully saturated rings. The summed E-state index contributed by atoms with van der Waals surface area (Å²) in [5, 5.41) is 26.6. The van der Waals surface area contributed by atoms with Gasteiger partial charge in [0.2, 0.25) is 0 Å². The average molecular weight is 1430 g/mol. The molecule has 3 aromatic carbocycles. The number of amides is 3. The molecule has 9 aromatic heterocycles. The van der Waals surface area contributed by atoms with Crippen LogP contribution in [-0.4, -0.2) is 128 Å². The summed E-state index contributed by atoms with van der Waals surface area (Å²) in [6, 6.07) is 17.9. The summed E-state index contributed by atoms with van der Waals surface area (Å²) in [4.78, 5) is 64.5. The smallest absolute Gasteiger partial charge is 0.259 e. The van der Waals surface area contributed by atoms with Crippen LogP contribution in [0.1, 0.15) is 31.1 Å². The van der Waals surface area contributed by atoms with Crippen LogP contribution < -0.4 is 35.9 Å². The number of aromatic nitrogens is 12. The van der Waals surface area contributed by atoms with E-state index in [4.69, 9.17) is 64.2 Å². The first-order valence-corrected chi connectivity index (χ1v) is 40.3. The number of thiazole rings is 3. The van der Waals surface area contributed by atoms with Gasteiger partial charge in [-0.1, -0.05) is 85.4 Å². The molecule has 32 heteroatoms. The summed E-state index contributed by atoms with van der Waals surface area (Å²) in [7, 11) is 2.27. The number of H-pyrrole nitrogens is 1. The van der Waals surface area contributed by atoms with Gasteiger partial charge in [0.05, 0.1) is 132 Å². The van der Waals surface area contributed by atoms with Crippen molar-refractivity contribution in [2.24, 2.45) is 0 Å². The Morgan fingerprint density at radius 1 is 0.537 bits per heavy atom. The zero-order chi connectivity index (χ0) is 67.6. The van der Waals surface area contributed by atoms with Crippen molar-refractivity contribution in [3.8, 4) is 51.0 Å². The highest BCUT2D eigenvalue weighted by Gasteiger charge is 2.26. The number of halogens is 3. The maximum Gasteiger partial charge on any atom is 0.259 e. The van der Waals surface area contributed by atoms with Crippen LogP contribution in [0.3, 0.4) is 0 Å². The zero-order valence-electron chi connectivity index (χ0n) is 52.9. The molecule has 0 unspecified atom stereocenters. The van der Waals surface area contributed by atoms with E-state index in [0.29, 0.717) is 135 Å². The highest BCUT2D eigenvalue weighted by Crippen LogP contribution is 2.41. The van der Waals surface area contributed by atoms with Gasteiger partial charge in [0, 0.05) is 98.3 Å². The minimum absolute atomic E-state index is 0.213. The molecule has 0 radical (unpaired) electrons. The Morgan fingerprint density at radius 2 is 0.947 bits per heavy atom. The van der Waals surface area contributed by atoms with E-state index in [2.05, 4.69) is 106 Å². The normalized spacial score (nSPS) is 11.5. The lowest BCUT2D eigenvalue weighted by Crippen LogP contribution is -2.22. The summed E-state index contributed by atoms with van der Waals surface area (Å²) in [6.07, 6.45) is 14.2. The number of benzene rings is 3. The number of nitrogens with two attached hydrogens (primary N) is 1. The van der Waals surface area contributed by atoms with Gasteiger partial charge in [0.25, 0.3) is 17.7 Å². The first-order valence-electron chi connectivity index (χ1n) is 29.2. The third-order valence-corrected chi connectivity index (χ3v) is 20.8. The number of fused-ring (bicyclic) bond motifs is 3. The maximum atomic E-state index is 13.3. The lowest BCUT2D eigenvalue weighted by molar-refractivity contribution is 0.0797. The number of anilines is 4. The molecule has 6 N–H and O–H groups in total. The number of carbonyl (C=O) groups is 3. The van der Waals surface area contributed by atoms with E-state index >= 15 is 0 Å². The molecule has 9 heterocycles. The van der Waals surface area contributed by atoms with Crippen LogP contribution in [0.15, 0.2) is 121 Å². The summed E-state index contributed by atoms with van der Waals surface area (Å²) in [5.74, 6) is 0.771. The van der Waals surface area contributed by atoms with E-state index < -0.39 is 16.1 Å². The number of nitrogens with zero attached hydrogens (tertiary/aromatic N) is 11. The van der Waals surface area contributed by atoms with Crippen molar-refractivity contribution in [1.29, 1.82) is 0 Å². The second-order valence-corrected chi connectivity index (χ2v) is 38.8. The molecule has 0 aliphatic rings. The maximum absolute atomic E-state index is 13.3. The standard InChI is InChI=1S/C23H27ClN6O3SSi.C23H26ClN5O3SSi.C17H12ClN5O2S/c1-32-18-6-5-14(24)9-15(18)21-17(11-27-30(21)13-33-7-8-35(2,3)4)28-22(31)16-10-26-12-19-20(16)29-23(25)34-19;1-31-19-6-5-15(24)9-16(19)22-18(11-27-29(22)14-32-7-8-34(2,3)4)28-23(30)17-10-25-12-20-21(17)26-13-33-20;1-25-13-3-2-9(18)4-10(13)15-12(6-21-23-15)22-17(24)11-5-19-7-14-16(11)20-8-26-14/h5-6,9-12H,7-8,13H2,1-4H3,(H2,25,29)(H,28,31);5-6,9-13H,7-8,14H2,1-4H3,(H,28,30);2-8H,1H3,(H,21,23)(H,22,24). The number of rotatable bonds is 22. The molecule has 0 aliphatic carbocycles. The van der Waals surface area contributed by atoms with Gasteiger partial charge in [-0.25, -0.2) is 24.3 Å². The lowest BCUT2D eigenvalue weighted by Gasteiger charge is -2.17. The van der Waals surface area contributed by atoms with Crippen molar-refractivity contribution in [3.63, 3.8) is 0 Å². The fourth-order valence-corrected chi connectivity index (χ4v) is 13.6. The predicted molar refractivity (Wildman–Crippen MR) is 383 cm³/mol. The van der Waals surface area contributed by atoms with Crippen molar-refractivity contribution in [1.82, 2.24) is 59.7 Å². The number of aromatic amines is 1. The number of ether oxygens (including phenoxy) is 5. The minimum atomic E-state index is -1.24. The number of nitrogens with one attached hydrogen (secondary N) is 4. The van der Waals surface area contributed by atoms with Gasteiger partial charge in [-0.3, -0.25) is 34.4 Å². The molecule has 0 atom stereocenters. The second kappa shape index (κ2) is 30.8. The quantitative estimate of drug-likeness (QED) is 0.0311. The molecule has 3 amide bonds. The first-order chi connectivity index (χ1) is 45.6. The Hall–Kier alpha value is -8.76. The summed E-state index contributed by atoms with van der Waals surface area (Å²) < 4.78 is 34.2. The Kier molecular flexibility index (Phi) is 22.4. The van der Waals surface area contributed by atoms with Crippen molar-refractivity contribution in [3.05, 3.63) is 153 Å². The van der Waals surface area contributed by atoms with Crippen LogP contribution in [0.5, 0.6) is 17.2 Å². The molecule has 12 rings (SSSR count). The van der Waals surface area contributed by atoms with E-state index in [1.165, 1.54) is 58.8 Å². The second-order valence-electron chi connectivity index (χ2n) is 23.4. The highest BCUT2D eigenvalue weighted by molar-refractivity contribution is 7.22. The molecule has 0 saturated heterocycles. The van der Waals surface area contributed by atoms with Crippen molar-refractivity contribution in [2.75, 3.05) is 56.2 Å². The number of hydrogen-bond donors (Lipinski definition) is 5. The van der Waals surface area contributed by atoms with E-state index in [0.717, 1.165) is 26.2 Å². The van der Waals surface area contributed by atoms with Crippen molar-refractivity contribution in [2.45, 2.75) is 64.8 Å². The monoisotopic (exact) mass is 1430 g/mol. The van der Waals surface area contributed by atoms with Crippen molar-refractivity contribution >= 4 is 156 Å². The molecule has 0 bridgehead atoms. The number of carbonyl (C=O) groups excluding carboxylic acids is 3. The van der Waals surface area contributed by atoms with Gasteiger partial charge >= 0.3 is 0 Å². The predicted octanol–water partition coefficient (Wildman–Crippen LogP) is 15.1. The van der Waals surface area contributed by atoms with Gasteiger partial charge in [-0.2, -0.15) is 15.3 Å². The summed E-state index contributed by atoms with van der Waals surface area (Å²) in [5.41, 5.74) is 17.5. The fraction of sp³-hybridized carbons (Fsp3) is 0.238. The van der Waals surface area contributed by atoms with Crippen LogP contribution in [0.25, 0.3) is 64.4 Å². The molecule has 95 heavy (non-hydrogen) atoms. The molecular weight excluding hydrogens is 1370 g/mol. The fourth-order valence-electron chi connectivity index (χ4n) is 9.49. The summed E-state index contributed by atoms with van der Waals surface area (Å²) in [6.45, 7) is 15.5. The van der Waals surface area contributed by atoms with Gasteiger partial charge < -0.3 is 45.4 Å². The zero-order valence-corrected chi connectivity index (χ0v) is 59.6. The van der Waals surface area contributed by atoms with Crippen LogP contribution in [0, 0.1) is 0 Å². The molecule has 24 nitrogen and oxygen atoms in total. The Bertz CT molecular complexity index is 4720. The number of hydrogen-bond acceptors (Lipinski definition) is 21. The Labute approximate surface area is 574 Å². The van der Waals surface area contributed by atoms with E-state index in [1.54, 1.807) is 127 Å². The van der Waals surface area contributed by atoms with Crippen LogP contribution >= 0.6 is 68.8 Å². The van der Waals surface area contributed by atoms with Crippen molar-refractivity contribution < 1.29 is 38.1 Å². The third kappa shape index (κ3) is 17.0. The number of nitrogen functional groups attached to an aromatic ring is 1. The average Bonchev–Trinajstić information content (AvgIpc) is 1.70. The van der Waals surface area contributed by atoms with Crippen LogP contribution in [0.2, 0.25) is 66.4 Å². The largest absolute Gasteiger partial charge is 0.496 e. The minimum Gasteiger partial charge on any atom is -0.496 e. The van der Waals surface area contributed by atoms with E-state index in [9.17, 15) is 14.4 Å². The van der Waals surface area contributed by atoms with Crippen LogP contribution in [-0.2, 0) is 22.9 Å². The van der Waals surface area contributed by atoms with Gasteiger partial charge in [-0.15, -0.1) is 22.7 Å². The Morgan fingerprint density at radius 3 is 1.39 bits per heavy atom. The van der Waals surface area contributed by atoms with E-state index in [1.807, 2.05) is 0 Å². The molecule has 0 aliphatic heterocycles. The summed E-state index contributed by atoms with van der Waals surface area (Å²) >= 11 is 22.9. The highest BCUT2D eigenvalue weighted by atomic mass is 35.5. The van der Waals surface area contributed by atoms with E-state index in [-0.39, 0.29) is 31.2 Å². The number of pyridine rings is 3. The first kappa shape index (κ1) is 69.1. The topological polar surface area (TPSA) is 301 Å². The van der Waals surface area contributed by atoms with Gasteiger partial charge in [0.15, 0.2) is 5.13 Å². The van der Waals surface area contributed by atoms with Gasteiger partial charge in [0.1, 0.15) is 30.7 Å². The molecule has 0 spiro atoms.